The van der Waals surface area contributed by atoms with Crippen molar-refractivity contribution in [2.45, 2.75) is 26.3 Å². The zero-order valence-electron chi connectivity index (χ0n) is 15.0. The molecule has 0 atom stereocenters. The van der Waals surface area contributed by atoms with Crippen molar-refractivity contribution in [1.29, 1.82) is 0 Å². The van der Waals surface area contributed by atoms with E-state index < -0.39 is 0 Å². The number of carbonyl (C=O) groups excluding carboxylic acids is 1. The quantitative estimate of drug-likeness (QED) is 0.574. The molecule has 3 aromatic heterocycles. The number of aromatic amines is 1. The number of hydrogen-bond donors (Lipinski definition) is 2. The molecule has 6 nitrogen and oxygen atoms in total. The van der Waals surface area contributed by atoms with Gasteiger partial charge in [0.05, 0.1) is 18.3 Å². The number of hydrogen-bond acceptors (Lipinski definition) is 3. The molecule has 0 saturated carbocycles. The maximum absolute atomic E-state index is 12.2. The van der Waals surface area contributed by atoms with E-state index in [1.165, 1.54) is 0 Å². The van der Waals surface area contributed by atoms with Crippen LogP contribution in [0.4, 0.5) is 0 Å². The summed E-state index contributed by atoms with van der Waals surface area (Å²) >= 11 is 0. The Hall–Kier alpha value is -3.41. The van der Waals surface area contributed by atoms with Gasteiger partial charge in [0.15, 0.2) is 0 Å². The van der Waals surface area contributed by atoms with Crippen LogP contribution in [-0.4, -0.2) is 20.3 Å². The van der Waals surface area contributed by atoms with Gasteiger partial charge in [-0.05, 0) is 48.6 Å². The average molecular weight is 360 g/mol. The fourth-order valence-electron chi connectivity index (χ4n) is 3.19. The summed E-state index contributed by atoms with van der Waals surface area (Å²) in [7, 11) is 0. The SMILES string of the molecule is Cc1ccc2cc(CCC(=O)NCc3ncc4ccccn34)c(=O)[nH]c2c1. The van der Waals surface area contributed by atoms with Crippen molar-refractivity contribution >= 4 is 22.3 Å². The molecule has 6 heteroatoms. The minimum Gasteiger partial charge on any atom is -0.349 e. The van der Waals surface area contributed by atoms with Gasteiger partial charge in [-0.25, -0.2) is 4.98 Å². The third-order valence-electron chi connectivity index (χ3n) is 4.66. The van der Waals surface area contributed by atoms with E-state index in [9.17, 15) is 9.59 Å². The first-order chi connectivity index (χ1) is 13.1. The van der Waals surface area contributed by atoms with Crippen LogP contribution in [0.1, 0.15) is 23.4 Å². The van der Waals surface area contributed by atoms with E-state index in [0.29, 0.717) is 18.5 Å². The van der Waals surface area contributed by atoms with E-state index in [4.69, 9.17) is 0 Å². The van der Waals surface area contributed by atoms with Crippen molar-refractivity contribution in [3.63, 3.8) is 0 Å². The Kier molecular flexibility index (Phi) is 4.46. The second-order valence-electron chi connectivity index (χ2n) is 6.66. The Morgan fingerprint density at radius 3 is 3.00 bits per heavy atom. The van der Waals surface area contributed by atoms with Gasteiger partial charge in [-0.2, -0.15) is 0 Å². The predicted octanol–water partition coefficient (Wildman–Crippen LogP) is 2.73. The van der Waals surface area contributed by atoms with Crippen LogP contribution >= 0.6 is 0 Å². The molecule has 0 aliphatic carbocycles. The molecular weight excluding hydrogens is 340 g/mol. The van der Waals surface area contributed by atoms with Crippen molar-refractivity contribution in [3.8, 4) is 0 Å². The Bertz CT molecular complexity index is 1190. The minimum atomic E-state index is -0.139. The van der Waals surface area contributed by atoms with Crippen molar-refractivity contribution in [3.05, 3.63) is 82.2 Å². The van der Waals surface area contributed by atoms with Crippen molar-refractivity contribution in [2.75, 3.05) is 0 Å². The second-order valence-corrected chi connectivity index (χ2v) is 6.66. The lowest BCUT2D eigenvalue weighted by Crippen LogP contribution is -2.25. The number of aromatic nitrogens is 3. The van der Waals surface area contributed by atoms with Crippen LogP contribution < -0.4 is 10.9 Å². The topological polar surface area (TPSA) is 79.3 Å². The van der Waals surface area contributed by atoms with Gasteiger partial charge in [0, 0.05) is 23.7 Å². The molecule has 0 aliphatic rings. The van der Waals surface area contributed by atoms with Gasteiger partial charge in [0.2, 0.25) is 5.91 Å². The summed E-state index contributed by atoms with van der Waals surface area (Å²) in [5, 5.41) is 3.85. The molecule has 0 aliphatic heterocycles. The van der Waals surface area contributed by atoms with Crippen LogP contribution in [-0.2, 0) is 17.8 Å². The lowest BCUT2D eigenvalue weighted by Gasteiger charge is -2.06. The molecule has 27 heavy (non-hydrogen) atoms. The molecule has 0 bridgehead atoms. The maximum atomic E-state index is 12.2. The smallest absolute Gasteiger partial charge is 0.251 e. The summed E-state index contributed by atoms with van der Waals surface area (Å²) in [6.07, 6.45) is 4.34. The monoisotopic (exact) mass is 360 g/mol. The number of aryl methyl sites for hydroxylation is 2. The van der Waals surface area contributed by atoms with Crippen LogP contribution in [0.15, 0.2) is 59.7 Å². The van der Waals surface area contributed by atoms with Gasteiger partial charge < -0.3 is 14.7 Å². The Morgan fingerprint density at radius 2 is 2.11 bits per heavy atom. The maximum Gasteiger partial charge on any atom is 0.251 e. The lowest BCUT2D eigenvalue weighted by molar-refractivity contribution is -0.121. The van der Waals surface area contributed by atoms with E-state index in [2.05, 4.69) is 15.3 Å². The average Bonchev–Trinajstić information content (AvgIpc) is 3.08. The number of carbonyl (C=O) groups is 1. The number of pyridine rings is 2. The van der Waals surface area contributed by atoms with Gasteiger partial charge in [0.1, 0.15) is 5.82 Å². The molecular formula is C21H20N4O2. The summed E-state index contributed by atoms with van der Waals surface area (Å²) in [5.41, 5.74) is 3.38. The Labute approximate surface area is 155 Å². The van der Waals surface area contributed by atoms with Crippen LogP contribution in [0.25, 0.3) is 16.4 Å². The van der Waals surface area contributed by atoms with E-state index in [0.717, 1.165) is 27.8 Å². The molecule has 0 spiro atoms. The van der Waals surface area contributed by atoms with E-state index in [1.54, 1.807) is 6.20 Å². The van der Waals surface area contributed by atoms with Gasteiger partial charge in [-0.15, -0.1) is 0 Å². The van der Waals surface area contributed by atoms with E-state index in [1.807, 2.05) is 60.0 Å². The minimum absolute atomic E-state index is 0.105. The first-order valence-electron chi connectivity index (χ1n) is 8.90. The molecule has 4 rings (SSSR count). The Balaban J connectivity index is 1.40. The standard InChI is InChI=1S/C21H20N4O2/c1-14-5-6-15-11-16(21(27)24-18(15)10-14)7-8-20(26)23-13-19-22-12-17-4-2-3-9-25(17)19/h2-6,9-12H,7-8,13H2,1H3,(H,23,26)(H,24,27). The van der Waals surface area contributed by atoms with E-state index in [-0.39, 0.29) is 17.9 Å². The number of H-pyrrole nitrogens is 1. The van der Waals surface area contributed by atoms with Gasteiger partial charge >= 0.3 is 0 Å². The van der Waals surface area contributed by atoms with Crippen molar-refractivity contribution < 1.29 is 4.79 Å². The molecule has 1 amide bonds. The largest absolute Gasteiger partial charge is 0.349 e. The summed E-state index contributed by atoms with van der Waals surface area (Å²) in [6.45, 7) is 2.34. The molecule has 136 valence electrons. The molecule has 0 fully saturated rings. The van der Waals surface area contributed by atoms with Crippen LogP contribution in [0, 0.1) is 6.92 Å². The number of benzene rings is 1. The highest BCUT2D eigenvalue weighted by Crippen LogP contribution is 2.13. The van der Waals surface area contributed by atoms with Crippen LogP contribution in [0.3, 0.4) is 0 Å². The summed E-state index contributed by atoms with van der Waals surface area (Å²) in [4.78, 5) is 31.7. The van der Waals surface area contributed by atoms with Crippen molar-refractivity contribution in [2.24, 2.45) is 0 Å². The first kappa shape index (κ1) is 17.0. The molecule has 1 aromatic carbocycles. The first-order valence-corrected chi connectivity index (χ1v) is 8.90. The van der Waals surface area contributed by atoms with Gasteiger partial charge in [-0.3, -0.25) is 9.59 Å². The van der Waals surface area contributed by atoms with Crippen LogP contribution in [0.2, 0.25) is 0 Å². The Morgan fingerprint density at radius 1 is 1.22 bits per heavy atom. The summed E-state index contributed by atoms with van der Waals surface area (Å²) in [5.74, 6) is 0.670. The number of fused-ring (bicyclic) bond motifs is 2. The van der Waals surface area contributed by atoms with Crippen molar-refractivity contribution in [1.82, 2.24) is 19.7 Å². The zero-order chi connectivity index (χ0) is 18.8. The fraction of sp³-hybridized carbons (Fsp3) is 0.190. The summed E-state index contributed by atoms with van der Waals surface area (Å²) < 4.78 is 1.94. The normalized spacial score (nSPS) is 11.1. The predicted molar refractivity (Wildman–Crippen MR) is 105 cm³/mol. The summed E-state index contributed by atoms with van der Waals surface area (Å²) in [6, 6.07) is 13.6. The highest BCUT2D eigenvalue weighted by Gasteiger charge is 2.09. The highest BCUT2D eigenvalue weighted by atomic mass is 16.1. The third-order valence-corrected chi connectivity index (χ3v) is 4.66. The van der Waals surface area contributed by atoms with Gasteiger partial charge in [0.25, 0.3) is 5.56 Å². The molecule has 2 N–H and O–H groups in total. The second kappa shape index (κ2) is 7.07. The number of amides is 1. The van der Waals surface area contributed by atoms with Gasteiger partial charge in [-0.1, -0.05) is 18.2 Å². The molecule has 0 saturated heterocycles. The zero-order valence-corrected chi connectivity index (χ0v) is 15.0. The number of nitrogens with zero attached hydrogens (tertiary/aromatic N) is 2. The number of nitrogens with one attached hydrogen (secondary N) is 2. The highest BCUT2D eigenvalue weighted by molar-refractivity contribution is 5.80. The lowest BCUT2D eigenvalue weighted by atomic mass is 10.1. The number of imidazole rings is 1. The van der Waals surface area contributed by atoms with E-state index >= 15 is 0 Å². The number of rotatable bonds is 5. The molecule has 0 unspecified atom stereocenters. The fourth-order valence-corrected chi connectivity index (χ4v) is 3.19. The molecule has 3 heterocycles. The molecule has 4 aromatic rings. The third kappa shape index (κ3) is 3.60. The van der Waals surface area contributed by atoms with Crippen LogP contribution in [0.5, 0.6) is 0 Å². The molecule has 0 radical (unpaired) electrons.